The molecule has 1 aromatic rings. The predicted octanol–water partition coefficient (Wildman–Crippen LogP) is 1.54. The summed E-state index contributed by atoms with van der Waals surface area (Å²) in [6.45, 7) is 6.79. The molecule has 0 radical (unpaired) electrons. The molecule has 0 fully saturated rings. The number of ether oxygens (including phenoxy) is 1. The van der Waals surface area contributed by atoms with Crippen molar-refractivity contribution in [1.29, 1.82) is 0 Å². The molecule has 0 unspecified atom stereocenters. The molecule has 4 nitrogen and oxygen atoms in total. The first-order valence-corrected chi connectivity index (χ1v) is 4.93. The van der Waals surface area contributed by atoms with Crippen molar-refractivity contribution in [2.24, 2.45) is 0 Å². The van der Waals surface area contributed by atoms with Gasteiger partial charge in [0.15, 0.2) is 11.6 Å². The van der Waals surface area contributed by atoms with Crippen molar-refractivity contribution in [3.8, 4) is 5.75 Å². The molecule has 0 atom stereocenters. The van der Waals surface area contributed by atoms with E-state index in [9.17, 15) is 0 Å². The molecular formula is C10H15N3O. The van der Waals surface area contributed by atoms with Gasteiger partial charge in [-0.05, 0) is 20.8 Å². The maximum atomic E-state index is 5.50. The monoisotopic (exact) mass is 193 g/mol. The standard InChI is InChI=1S/C10H15N3O/c1-6(2)11-10-9-8(4-5-14-9)12-7(3)13-10/h6H,4-5H2,1-3H3,(H,11,12,13). The summed E-state index contributed by atoms with van der Waals surface area (Å²) >= 11 is 0. The van der Waals surface area contributed by atoms with Crippen molar-refractivity contribution < 1.29 is 4.74 Å². The fourth-order valence-corrected chi connectivity index (χ4v) is 1.56. The molecule has 76 valence electrons. The van der Waals surface area contributed by atoms with Crippen LogP contribution in [0, 0.1) is 6.92 Å². The fraction of sp³-hybridized carbons (Fsp3) is 0.600. The molecule has 0 spiro atoms. The zero-order chi connectivity index (χ0) is 10.1. The predicted molar refractivity (Wildman–Crippen MR) is 54.7 cm³/mol. The highest BCUT2D eigenvalue weighted by atomic mass is 16.5. The van der Waals surface area contributed by atoms with Crippen molar-refractivity contribution in [3.63, 3.8) is 0 Å². The Bertz CT molecular complexity index is 349. The average molecular weight is 193 g/mol. The Kier molecular flexibility index (Phi) is 2.27. The van der Waals surface area contributed by atoms with Crippen LogP contribution in [0.4, 0.5) is 5.82 Å². The van der Waals surface area contributed by atoms with Gasteiger partial charge in [-0.2, -0.15) is 0 Å². The van der Waals surface area contributed by atoms with E-state index in [2.05, 4.69) is 29.1 Å². The molecule has 0 saturated carbocycles. The van der Waals surface area contributed by atoms with E-state index in [1.165, 1.54) is 0 Å². The third-order valence-electron chi connectivity index (χ3n) is 2.06. The second-order valence-corrected chi connectivity index (χ2v) is 3.79. The highest BCUT2D eigenvalue weighted by Gasteiger charge is 2.20. The van der Waals surface area contributed by atoms with Gasteiger partial charge in [-0.25, -0.2) is 9.97 Å². The van der Waals surface area contributed by atoms with E-state index in [1.807, 2.05) is 6.92 Å². The van der Waals surface area contributed by atoms with Gasteiger partial charge in [0.2, 0.25) is 0 Å². The van der Waals surface area contributed by atoms with Gasteiger partial charge >= 0.3 is 0 Å². The van der Waals surface area contributed by atoms with Crippen LogP contribution in [0.3, 0.4) is 0 Å². The van der Waals surface area contributed by atoms with Gasteiger partial charge in [0.1, 0.15) is 5.82 Å². The zero-order valence-corrected chi connectivity index (χ0v) is 8.79. The Morgan fingerprint density at radius 3 is 2.86 bits per heavy atom. The summed E-state index contributed by atoms with van der Waals surface area (Å²) in [4.78, 5) is 8.68. The number of nitrogens with one attached hydrogen (secondary N) is 1. The van der Waals surface area contributed by atoms with E-state index in [-0.39, 0.29) is 0 Å². The van der Waals surface area contributed by atoms with Crippen LogP contribution in [0.5, 0.6) is 5.75 Å². The summed E-state index contributed by atoms with van der Waals surface area (Å²) < 4.78 is 5.50. The number of rotatable bonds is 2. The molecule has 2 heterocycles. The Labute approximate surface area is 83.7 Å². The molecule has 0 aromatic carbocycles. The van der Waals surface area contributed by atoms with E-state index in [0.29, 0.717) is 6.04 Å². The first-order valence-electron chi connectivity index (χ1n) is 4.93. The van der Waals surface area contributed by atoms with Gasteiger partial charge < -0.3 is 10.1 Å². The van der Waals surface area contributed by atoms with Gasteiger partial charge in [0.25, 0.3) is 0 Å². The van der Waals surface area contributed by atoms with Crippen LogP contribution in [0.2, 0.25) is 0 Å². The third kappa shape index (κ3) is 1.64. The first kappa shape index (κ1) is 9.24. The summed E-state index contributed by atoms with van der Waals surface area (Å²) in [6, 6.07) is 0.359. The van der Waals surface area contributed by atoms with E-state index in [4.69, 9.17) is 4.74 Å². The average Bonchev–Trinajstić information content (AvgIpc) is 2.50. The molecule has 0 saturated heterocycles. The lowest BCUT2D eigenvalue weighted by atomic mass is 10.3. The van der Waals surface area contributed by atoms with E-state index in [1.54, 1.807) is 0 Å². The van der Waals surface area contributed by atoms with Gasteiger partial charge in [-0.3, -0.25) is 0 Å². The number of anilines is 1. The molecule has 0 aliphatic carbocycles. The van der Waals surface area contributed by atoms with Gasteiger partial charge in [-0.15, -0.1) is 0 Å². The summed E-state index contributed by atoms with van der Waals surface area (Å²) in [5.74, 6) is 2.47. The Hall–Kier alpha value is -1.32. The van der Waals surface area contributed by atoms with Gasteiger partial charge in [0, 0.05) is 12.5 Å². The molecule has 1 N–H and O–H groups in total. The largest absolute Gasteiger partial charge is 0.487 e. The van der Waals surface area contributed by atoms with Gasteiger partial charge in [-0.1, -0.05) is 0 Å². The van der Waals surface area contributed by atoms with E-state index >= 15 is 0 Å². The summed E-state index contributed by atoms with van der Waals surface area (Å²) in [5.41, 5.74) is 1.03. The van der Waals surface area contributed by atoms with Crippen LogP contribution in [0.1, 0.15) is 25.4 Å². The zero-order valence-electron chi connectivity index (χ0n) is 8.79. The number of hydrogen-bond acceptors (Lipinski definition) is 4. The SMILES string of the molecule is Cc1nc2c(c(NC(C)C)n1)OCC2. The van der Waals surface area contributed by atoms with Gasteiger partial charge in [0.05, 0.1) is 12.3 Å². The van der Waals surface area contributed by atoms with Crippen LogP contribution in [0.25, 0.3) is 0 Å². The second-order valence-electron chi connectivity index (χ2n) is 3.79. The van der Waals surface area contributed by atoms with Crippen LogP contribution in [0.15, 0.2) is 0 Å². The number of fused-ring (bicyclic) bond motifs is 1. The molecular weight excluding hydrogens is 178 g/mol. The van der Waals surface area contributed by atoms with Crippen LogP contribution in [-0.2, 0) is 6.42 Å². The van der Waals surface area contributed by atoms with Crippen molar-refractivity contribution >= 4 is 5.82 Å². The maximum absolute atomic E-state index is 5.50. The van der Waals surface area contributed by atoms with Crippen LogP contribution >= 0.6 is 0 Å². The maximum Gasteiger partial charge on any atom is 0.183 e. The fourth-order valence-electron chi connectivity index (χ4n) is 1.56. The first-order chi connectivity index (χ1) is 6.66. The van der Waals surface area contributed by atoms with Crippen LogP contribution < -0.4 is 10.1 Å². The molecule has 14 heavy (non-hydrogen) atoms. The van der Waals surface area contributed by atoms with Crippen molar-refractivity contribution in [3.05, 3.63) is 11.5 Å². The Balaban J connectivity index is 2.38. The molecule has 0 bridgehead atoms. The molecule has 1 aliphatic rings. The molecule has 0 amide bonds. The summed E-state index contributed by atoms with van der Waals surface area (Å²) in [5, 5.41) is 3.27. The minimum Gasteiger partial charge on any atom is -0.487 e. The number of nitrogens with zero attached hydrogens (tertiary/aromatic N) is 2. The normalized spacial score (nSPS) is 14.0. The highest BCUT2D eigenvalue weighted by Crippen LogP contribution is 2.30. The third-order valence-corrected chi connectivity index (χ3v) is 2.06. The number of aromatic nitrogens is 2. The topological polar surface area (TPSA) is 47.0 Å². The lowest BCUT2D eigenvalue weighted by molar-refractivity contribution is 0.357. The highest BCUT2D eigenvalue weighted by molar-refractivity contribution is 5.54. The quantitative estimate of drug-likeness (QED) is 0.774. The minimum absolute atomic E-state index is 0.359. The second kappa shape index (κ2) is 3.44. The lowest BCUT2D eigenvalue weighted by Gasteiger charge is -2.12. The Morgan fingerprint density at radius 1 is 1.36 bits per heavy atom. The summed E-state index contributed by atoms with van der Waals surface area (Å²) in [7, 11) is 0. The van der Waals surface area contributed by atoms with Crippen molar-refractivity contribution in [2.75, 3.05) is 11.9 Å². The van der Waals surface area contributed by atoms with E-state index < -0.39 is 0 Å². The van der Waals surface area contributed by atoms with Crippen LogP contribution in [-0.4, -0.2) is 22.6 Å². The lowest BCUT2D eigenvalue weighted by Crippen LogP contribution is -2.13. The van der Waals surface area contributed by atoms with Crippen molar-refractivity contribution in [2.45, 2.75) is 33.2 Å². The minimum atomic E-state index is 0.359. The van der Waals surface area contributed by atoms with E-state index in [0.717, 1.165) is 36.1 Å². The smallest absolute Gasteiger partial charge is 0.183 e. The Morgan fingerprint density at radius 2 is 2.14 bits per heavy atom. The molecule has 2 rings (SSSR count). The number of hydrogen-bond donors (Lipinski definition) is 1. The van der Waals surface area contributed by atoms with Crippen molar-refractivity contribution in [1.82, 2.24) is 9.97 Å². The molecule has 4 heteroatoms. The molecule has 1 aliphatic heterocycles. The summed E-state index contributed by atoms with van der Waals surface area (Å²) in [6.07, 6.45) is 0.894. The number of aryl methyl sites for hydroxylation is 1. The molecule has 1 aromatic heterocycles.